The molecule has 2 unspecified atom stereocenters. The largest absolute Gasteiger partial charge is 0.343 e. The maximum atomic E-state index is 13.5. The lowest BCUT2D eigenvalue weighted by molar-refractivity contribution is 0.236. The molecular weight excluding hydrogens is 171 g/mol. The van der Waals surface area contributed by atoms with Crippen LogP contribution < -0.4 is 0 Å². The Morgan fingerprint density at radius 2 is 2.46 bits per heavy atom. The van der Waals surface area contributed by atoms with Crippen molar-refractivity contribution in [3.8, 4) is 0 Å². The van der Waals surface area contributed by atoms with Gasteiger partial charge in [0.05, 0.1) is 5.92 Å². The number of nitrogens with zero attached hydrogens (tertiary/aromatic N) is 2. The van der Waals surface area contributed by atoms with Crippen LogP contribution in [0.4, 0.5) is 4.39 Å². The predicted molar refractivity (Wildman–Crippen MR) is 44.9 cm³/mol. The topological polar surface area (TPSA) is 38.9 Å². The molecule has 13 heavy (non-hydrogen) atoms. The summed E-state index contributed by atoms with van der Waals surface area (Å²) in [5, 5.41) is 3.66. The lowest BCUT2D eigenvalue weighted by Gasteiger charge is -2.24. The summed E-state index contributed by atoms with van der Waals surface area (Å²) in [5.41, 5.74) is 0.979. The molecule has 3 nitrogen and oxygen atoms in total. The molecule has 1 aromatic rings. The van der Waals surface area contributed by atoms with Gasteiger partial charge in [0.2, 0.25) is 6.39 Å². The van der Waals surface area contributed by atoms with E-state index in [1.165, 1.54) is 6.39 Å². The number of halogens is 1. The van der Waals surface area contributed by atoms with Gasteiger partial charge in [-0.15, -0.1) is 0 Å². The number of hydrogen-bond acceptors (Lipinski definition) is 3. The lowest BCUT2D eigenvalue weighted by atomic mass is 9.84. The molecule has 0 N–H and O–H groups in total. The zero-order chi connectivity index (χ0) is 9.26. The van der Waals surface area contributed by atoms with E-state index in [4.69, 9.17) is 0 Å². The highest BCUT2D eigenvalue weighted by molar-refractivity contribution is 5.09. The van der Waals surface area contributed by atoms with Crippen molar-refractivity contribution in [1.29, 1.82) is 0 Å². The minimum atomic E-state index is -0.904. The van der Waals surface area contributed by atoms with Crippen molar-refractivity contribution < 1.29 is 8.91 Å². The number of hydrogen-bond donors (Lipinski definition) is 0. The molecule has 0 spiro atoms. The van der Waals surface area contributed by atoms with Gasteiger partial charge >= 0.3 is 0 Å². The summed E-state index contributed by atoms with van der Waals surface area (Å²) in [6.07, 6.45) is 2.36. The quantitative estimate of drug-likeness (QED) is 0.625. The first-order chi connectivity index (χ1) is 6.27. The van der Waals surface area contributed by atoms with E-state index in [1.807, 2.05) is 0 Å². The van der Waals surface area contributed by atoms with E-state index in [9.17, 15) is 4.39 Å². The van der Waals surface area contributed by atoms with E-state index >= 15 is 0 Å². The molecule has 1 aromatic heterocycles. The van der Waals surface area contributed by atoms with E-state index in [0.29, 0.717) is 12.2 Å². The summed E-state index contributed by atoms with van der Waals surface area (Å²) in [6.45, 7) is 3.78. The summed E-state index contributed by atoms with van der Waals surface area (Å²) < 4.78 is 18.1. The molecule has 0 amide bonds. The molecule has 0 bridgehead atoms. The SMILES string of the molecule is C=C1CCC(c2ncon2)C(F)C1. The van der Waals surface area contributed by atoms with E-state index in [-0.39, 0.29) is 5.92 Å². The van der Waals surface area contributed by atoms with Gasteiger partial charge in [-0.2, -0.15) is 4.98 Å². The molecule has 0 saturated heterocycles. The van der Waals surface area contributed by atoms with Gasteiger partial charge in [0.15, 0.2) is 5.82 Å². The van der Waals surface area contributed by atoms with Crippen molar-refractivity contribution >= 4 is 0 Å². The number of alkyl halides is 1. The van der Waals surface area contributed by atoms with Crippen molar-refractivity contribution in [1.82, 2.24) is 10.1 Å². The standard InChI is InChI=1S/C9H11FN2O/c1-6-2-3-7(8(10)4-6)9-11-5-13-12-9/h5,7-8H,1-4H2. The monoisotopic (exact) mass is 182 g/mol. The van der Waals surface area contributed by atoms with Gasteiger partial charge in [-0.25, -0.2) is 4.39 Å². The van der Waals surface area contributed by atoms with Gasteiger partial charge in [-0.1, -0.05) is 17.3 Å². The van der Waals surface area contributed by atoms with Crippen LogP contribution in [0.1, 0.15) is 31.0 Å². The molecule has 0 radical (unpaired) electrons. The summed E-state index contributed by atoms with van der Waals surface area (Å²) >= 11 is 0. The minimum Gasteiger partial charge on any atom is -0.343 e. The Morgan fingerprint density at radius 1 is 1.62 bits per heavy atom. The first-order valence-corrected chi connectivity index (χ1v) is 4.34. The highest BCUT2D eigenvalue weighted by atomic mass is 19.1. The van der Waals surface area contributed by atoms with Gasteiger partial charge in [-0.05, 0) is 19.3 Å². The minimum absolute atomic E-state index is 0.204. The second kappa shape index (κ2) is 3.28. The Kier molecular flexibility index (Phi) is 2.12. The maximum Gasteiger partial charge on any atom is 0.213 e. The highest BCUT2D eigenvalue weighted by Crippen LogP contribution is 2.35. The molecule has 2 atom stereocenters. The van der Waals surface area contributed by atoms with Crippen LogP contribution >= 0.6 is 0 Å². The van der Waals surface area contributed by atoms with Crippen LogP contribution in [0.5, 0.6) is 0 Å². The fourth-order valence-corrected chi connectivity index (χ4v) is 1.69. The zero-order valence-corrected chi connectivity index (χ0v) is 7.24. The Hall–Kier alpha value is -1.19. The number of aromatic nitrogens is 2. The van der Waals surface area contributed by atoms with Crippen molar-refractivity contribution in [2.75, 3.05) is 0 Å². The third-order valence-electron chi connectivity index (χ3n) is 2.44. The molecule has 1 heterocycles. The average Bonchev–Trinajstić information content (AvgIpc) is 2.56. The van der Waals surface area contributed by atoms with Gasteiger partial charge < -0.3 is 4.52 Å². The molecule has 1 aliphatic carbocycles. The lowest BCUT2D eigenvalue weighted by Crippen LogP contribution is -2.20. The summed E-state index contributed by atoms with van der Waals surface area (Å²) in [7, 11) is 0. The van der Waals surface area contributed by atoms with Crippen molar-refractivity contribution in [2.45, 2.75) is 31.4 Å². The molecule has 0 aromatic carbocycles. The summed E-state index contributed by atoms with van der Waals surface area (Å²) in [5.74, 6) is 0.282. The fourth-order valence-electron chi connectivity index (χ4n) is 1.69. The summed E-state index contributed by atoms with van der Waals surface area (Å²) in [6, 6.07) is 0. The Labute approximate surface area is 75.6 Å². The molecule has 2 rings (SSSR count). The van der Waals surface area contributed by atoms with Crippen molar-refractivity contribution in [2.24, 2.45) is 0 Å². The van der Waals surface area contributed by atoms with Gasteiger partial charge in [0.1, 0.15) is 6.17 Å². The second-order valence-electron chi connectivity index (χ2n) is 3.40. The molecule has 1 aliphatic rings. The summed E-state index contributed by atoms with van der Waals surface area (Å²) in [4.78, 5) is 3.87. The van der Waals surface area contributed by atoms with Crippen LogP contribution in [0.25, 0.3) is 0 Å². The smallest absolute Gasteiger partial charge is 0.213 e. The Balaban J connectivity index is 2.12. The van der Waals surface area contributed by atoms with Crippen LogP contribution in [-0.2, 0) is 0 Å². The van der Waals surface area contributed by atoms with E-state index in [0.717, 1.165) is 18.4 Å². The van der Waals surface area contributed by atoms with Crippen molar-refractivity contribution in [3.63, 3.8) is 0 Å². The Morgan fingerprint density at radius 3 is 3.08 bits per heavy atom. The number of rotatable bonds is 1. The molecule has 1 saturated carbocycles. The van der Waals surface area contributed by atoms with Gasteiger partial charge in [0, 0.05) is 0 Å². The molecule has 4 heteroatoms. The molecule has 1 fully saturated rings. The zero-order valence-electron chi connectivity index (χ0n) is 7.24. The molecular formula is C9H11FN2O. The predicted octanol–water partition coefficient (Wildman–Crippen LogP) is 2.23. The highest BCUT2D eigenvalue weighted by Gasteiger charge is 2.30. The Bertz CT molecular complexity index is 297. The van der Waals surface area contributed by atoms with Gasteiger partial charge in [-0.3, -0.25) is 0 Å². The van der Waals surface area contributed by atoms with Crippen LogP contribution in [0, 0.1) is 0 Å². The van der Waals surface area contributed by atoms with E-state index < -0.39 is 6.17 Å². The molecule has 70 valence electrons. The second-order valence-corrected chi connectivity index (χ2v) is 3.40. The van der Waals surface area contributed by atoms with Crippen LogP contribution in [0.15, 0.2) is 23.1 Å². The van der Waals surface area contributed by atoms with Crippen LogP contribution in [0.2, 0.25) is 0 Å². The third-order valence-corrected chi connectivity index (χ3v) is 2.44. The van der Waals surface area contributed by atoms with E-state index in [1.54, 1.807) is 0 Å². The first-order valence-electron chi connectivity index (χ1n) is 4.34. The van der Waals surface area contributed by atoms with Crippen LogP contribution in [0.3, 0.4) is 0 Å². The van der Waals surface area contributed by atoms with Crippen LogP contribution in [-0.4, -0.2) is 16.3 Å². The number of allylic oxidation sites excluding steroid dienone is 1. The first kappa shape index (κ1) is 8.41. The fraction of sp³-hybridized carbons (Fsp3) is 0.556. The molecule has 0 aliphatic heterocycles. The maximum absolute atomic E-state index is 13.5. The van der Waals surface area contributed by atoms with E-state index in [2.05, 4.69) is 21.2 Å². The van der Waals surface area contributed by atoms with Crippen molar-refractivity contribution in [3.05, 3.63) is 24.4 Å². The van der Waals surface area contributed by atoms with Gasteiger partial charge in [0.25, 0.3) is 0 Å². The average molecular weight is 182 g/mol. The normalized spacial score (nSPS) is 29.2. The third kappa shape index (κ3) is 1.61.